The van der Waals surface area contributed by atoms with Crippen LogP contribution < -0.4 is 4.74 Å². The number of rotatable bonds is 11. The van der Waals surface area contributed by atoms with Crippen molar-refractivity contribution in [1.29, 1.82) is 0 Å². The zero-order valence-corrected chi connectivity index (χ0v) is 18.3. The van der Waals surface area contributed by atoms with E-state index in [1.165, 1.54) is 0 Å². The third-order valence-corrected chi connectivity index (χ3v) is 5.27. The summed E-state index contributed by atoms with van der Waals surface area (Å²) in [7, 11) is 0. The van der Waals surface area contributed by atoms with Crippen LogP contribution in [0.2, 0.25) is 5.02 Å². The molecule has 0 fully saturated rings. The lowest BCUT2D eigenvalue weighted by molar-refractivity contribution is -0.142. The molecule has 0 aromatic heterocycles. The average Bonchev–Trinajstić information content (AvgIpc) is 2.73. The lowest BCUT2D eigenvalue weighted by Crippen LogP contribution is -2.25. The summed E-state index contributed by atoms with van der Waals surface area (Å²) in [5, 5.41) is -0.174. The van der Waals surface area contributed by atoms with Gasteiger partial charge in [0.15, 0.2) is 5.78 Å². The minimum atomic E-state index is -0.785. The van der Waals surface area contributed by atoms with Gasteiger partial charge in [-0.2, -0.15) is 0 Å². The van der Waals surface area contributed by atoms with Crippen molar-refractivity contribution in [2.24, 2.45) is 0 Å². The second-order valence-electron chi connectivity index (χ2n) is 6.06. The van der Waals surface area contributed by atoms with Crippen LogP contribution in [0.3, 0.4) is 0 Å². The minimum absolute atomic E-state index is 0.0293. The molecule has 0 saturated heterocycles. The highest BCUT2D eigenvalue weighted by Crippen LogP contribution is 2.25. The molecule has 0 N–H and O–H groups in total. The van der Waals surface area contributed by atoms with E-state index in [2.05, 4.69) is 0 Å². The van der Waals surface area contributed by atoms with Crippen molar-refractivity contribution >= 4 is 41.1 Å². The Kier molecular flexibility index (Phi) is 9.70. The van der Waals surface area contributed by atoms with Gasteiger partial charge in [-0.3, -0.25) is 14.4 Å². The molecule has 0 aliphatic heterocycles. The van der Waals surface area contributed by atoms with E-state index >= 15 is 0 Å². The summed E-state index contributed by atoms with van der Waals surface area (Å²) in [6.45, 7) is 3.84. The van der Waals surface area contributed by atoms with E-state index in [0.29, 0.717) is 22.1 Å². The highest BCUT2D eigenvalue weighted by molar-refractivity contribution is 8.01. The van der Waals surface area contributed by atoms with Crippen LogP contribution in [-0.2, 0) is 19.1 Å². The van der Waals surface area contributed by atoms with Gasteiger partial charge in [0, 0.05) is 17.0 Å². The fourth-order valence-corrected chi connectivity index (χ4v) is 3.47. The van der Waals surface area contributed by atoms with Crippen molar-refractivity contribution in [3.63, 3.8) is 0 Å². The van der Waals surface area contributed by atoms with Gasteiger partial charge >= 0.3 is 11.9 Å². The number of hydrogen-bond donors (Lipinski definition) is 0. The van der Waals surface area contributed by atoms with Crippen molar-refractivity contribution in [2.45, 2.75) is 25.5 Å². The van der Waals surface area contributed by atoms with Crippen LogP contribution in [0.1, 0.15) is 30.6 Å². The van der Waals surface area contributed by atoms with Gasteiger partial charge in [0.2, 0.25) is 0 Å². The Labute approximate surface area is 184 Å². The minimum Gasteiger partial charge on any atom is -0.465 e. The largest absolute Gasteiger partial charge is 0.465 e. The first-order valence-electron chi connectivity index (χ1n) is 9.43. The lowest BCUT2D eigenvalue weighted by atomic mass is 10.1. The van der Waals surface area contributed by atoms with Gasteiger partial charge in [-0.1, -0.05) is 11.6 Å². The van der Waals surface area contributed by atoms with Crippen LogP contribution in [0.25, 0.3) is 0 Å². The standard InChI is InChI=1S/C22H23ClO6S/c1-3-27-21(25)14-30-20(22(26)28-4-2)13-19(24)15-5-9-17(10-6-15)29-18-11-7-16(23)8-12-18/h5-12,20H,3-4,13-14H2,1-2H3. The molecule has 6 nitrogen and oxygen atoms in total. The van der Waals surface area contributed by atoms with Crippen LogP contribution in [0.5, 0.6) is 11.5 Å². The molecule has 2 aromatic carbocycles. The molecule has 0 radical (unpaired) electrons. The van der Waals surface area contributed by atoms with Crippen molar-refractivity contribution in [1.82, 2.24) is 0 Å². The molecule has 0 amide bonds. The third-order valence-electron chi connectivity index (χ3n) is 3.85. The fraction of sp³-hybridized carbons (Fsp3) is 0.318. The van der Waals surface area contributed by atoms with E-state index in [9.17, 15) is 14.4 Å². The summed E-state index contributed by atoms with van der Waals surface area (Å²) >= 11 is 6.90. The van der Waals surface area contributed by atoms with Gasteiger partial charge in [0.25, 0.3) is 0 Å². The molecule has 1 unspecified atom stereocenters. The fourth-order valence-electron chi connectivity index (χ4n) is 2.45. The Morgan fingerprint density at radius 1 is 0.900 bits per heavy atom. The van der Waals surface area contributed by atoms with Crippen molar-refractivity contribution in [3.8, 4) is 11.5 Å². The maximum absolute atomic E-state index is 12.6. The summed E-state index contributed by atoms with van der Waals surface area (Å²) in [5.41, 5.74) is 0.435. The molecule has 2 rings (SSSR count). The van der Waals surface area contributed by atoms with E-state index in [0.717, 1.165) is 11.8 Å². The summed E-state index contributed by atoms with van der Waals surface area (Å²) in [4.78, 5) is 36.4. The van der Waals surface area contributed by atoms with E-state index in [4.69, 9.17) is 25.8 Å². The van der Waals surface area contributed by atoms with E-state index < -0.39 is 17.2 Å². The topological polar surface area (TPSA) is 78.9 Å². The Hall–Kier alpha value is -2.51. The van der Waals surface area contributed by atoms with Crippen LogP contribution >= 0.6 is 23.4 Å². The normalized spacial score (nSPS) is 11.4. The number of halogens is 1. The van der Waals surface area contributed by atoms with Gasteiger partial charge in [0.1, 0.15) is 16.7 Å². The first kappa shape index (κ1) is 23.8. The Balaban J connectivity index is 2.00. The lowest BCUT2D eigenvalue weighted by Gasteiger charge is -2.14. The predicted molar refractivity (Wildman–Crippen MR) is 116 cm³/mol. The van der Waals surface area contributed by atoms with Crippen LogP contribution in [-0.4, -0.2) is 41.9 Å². The molecule has 30 heavy (non-hydrogen) atoms. The number of ketones is 1. The Bertz CT molecular complexity index is 851. The SMILES string of the molecule is CCOC(=O)CSC(CC(=O)c1ccc(Oc2ccc(Cl)cc2)cc1)C(=O)OCC. The number of hydrogen-bond acceptors (Lipinski definition) is 7. The second kappa shape index (κ2) is 12.2. The molecule has 0 aliphatic carbocycles. The van der Waals surface area contributed by atoms with E-state index in [1.807, 2.05) is 0 Å². The van der Waals surface area contributed by atoms with Gasteiger partial charge < -0.3 is 14.2 Å². The predicted octanol–water partition coefficient (Wildman–Crippen LogP) is 4.93. The number of thioether (sulfide) groups is 1. The molecular weight excluding hydrogens is 428 g/mol. The third kappa shape index (κ3) is 7.72. The molecule has 0 spiro atoms. The quantitative estimate of drug-likeness (QED) is 0.354. The zero-order chi connectivity index (χ0) is 21.9. The maximum atomic E-state index is 12.6. The molecule has 0 bridgehead atoms. The smallest absolute Gasteiger partial charge is 0.319 e. The number of carbonyl (C=O) groups excluding carboxylic acids is 3. The van der Waals surface area contributed by atoms with Gasteiger partial charge in [-0.05, 0) is 62.4 Å². The van der Waals surface area contributed by atoms with Crippen LogP contribution in [0, 0.1) is 0 Å². The first-order valence-corrected chi connectivity index (χ1v) is 10.9. The van der Waals surface area contributed by atoms with E-state index in [-0.39, 0.29) is 31.2 Å². The van der Waals surface area contributed by atoms with Crippen LogP contribution in [0.4, 0.5) is 0 Å². The van der Waals surface area contributed by atoms with Crippen molar-refractivity contribution in [2.75, 3.05) is 19.0 Å². The highest BCUT2D eigenvalue weighted by atomic mass is 35.5. The van der Waals surface area contributed by atoms with Crippen LogP contribution in [0.15, 0.2) is 48.5 Å². The zero-order valence-electron chi connectivity index (χ0n) is 16.8. The molecular formula is C22H23ClO6S. The second-order valence-corrected chi connectivity index (χ2v) is 7.69. The van der Waals surface area contributed by atoms with Gasteiger partial charge in [-0.25, -0.2) is 0 Å². The Morgan fingerprint density at radius 3 is 2.03 bits per heavy atom. The summed E-state index contributed by atoms with van der Waals surface area (Å²) in [6, 6.07) is 13.5. The molecule has 160 valence electrons. The van der Waals surface area contributed by atoms with E-state index in [1.54, 1.807) is 62.4 Å². The van der Waals surface area contributed by atoms with Crippen molar-refractivity contribution in [3.05, 3.63) is 59.1 Å². The highest BCUT2D eigenvalue weighted by Gasteiger charge is 2.25. The summed E-state index contributed by atoms with van der Waals surface area (Å²) in [6.07, 6.45) is -0.0830. The Morgan fingerprint density at radius 2 is 1.47 bits per heavy atom. The summed E-state index contributed by atoms with van der Waals surface area (Å²) in [5.74, 6) is -0.0414. The van der Waals surface area contributed by atoms with Gasteiger partial charge in [0.05, 0.1) is 19.0 Å². The average molecular weight is 451 g/mol. The number of esters is 2. The number of Topliss-reactive ketones (excluding diaryl/α,β-unsaturated/α-hetero) is 1. The molecule has 2 aromatic rings. The summed E-state index contributed by atoms with van der Waals surface area (Å²) < 4.78 is 15.6. The first-order chi connectivity index (χ1) is 14.4. The van der Waals surface area contributed by atoms with Gasteiger partial charge in [-0.15, -0.1) is 11.8 Å². The molecule has 0 heterocycles. The molecule has 0 aliphatic rings. The maximum Gasteiger partial charge on any atom is 0.319 e. The van der Waals surface area contributed by atoms with Crippen molar-refractivity contribution < 1.29 is 28.6 Å². The number of carbonyl (C=O) groups is 3. The molecule has 1 atom stereocenters. The number of ether oxygens (including phenoxy) is 3. The monoisotopic (exact) mass is 450 g/mol. The molecule has 0 saturated carbocycles. The number of benzene rings is 2. The molecule has 8 heteroatoms.